The first kappa shape index (κ1) is 15.6. The second-order valence-corrected chi connectivity index (χ2v) is 6.40. The Bertz CT molecular complexity index is 628. The van der Waals surface area contributed by atoms with Crippen LogP contribution in [-0.4, -0.2) is 40.3 Å². The van der Waals surface area contributed by atoms with Crippen molar-refractivity contribution in [3.05, 3.63) is 35.5 Å². The normalized spacial score (nSPS) is 16.2. The van der Waals surface area contributed by atoms with E-state index >= 15 is 0 Å². The summed E-state index contributed by atoms with van der Waals surface area (Å²) in [6.07, 6.45) is 4.61. The van der Waals surface area contributed by atoms with Crippen LogP contribution >= 0.6 is 0 Å². The molecule has 0 radical (unpaired) electrons. The first-order valence-corrected chi connectivity index (χ1v) is 8.74. The molecule has 1 heterocycles. The molecule has 1 atom stereocenters. The van der Waals surface area contributed by atoms with Gasteiger partial charge in [-0.1, -0.05) is 32.0 Å². The van der Waals surface area contributed by atoms with Crippen LogP contribution in [0.25, 0.3) is 10.9 Å². The molecule has 1 aromatic heterocycles. The highest BCUT2D eigenvalue weighted by Gasteiger charge is 2.21. The fraction of sp³-hybridized carbons (Fsp3) is 0.579. The summed E-state index contributed by atoms with van der Waals surface area (Å²) in [5, 5.41) is 11.9. The number of benzene rings is 1. The van der Waals surface area contributed by atoms with Crippen LogP contribution in [0.15, 0.2) is 24.3 Å². The van der Waals surface area contributed by atoms with Gasteiger partial charge in [-0.15, -0.1) is 0 Å². The predicted molar refractivity (Wildman–Crippen MR) is 92.4 cm³/mol. The molecule has 0 spiro atoms. The van der Waals surface area contributed by atoms with E-state index in [1.165, 1.54) is 41.4 Å². The van der Waals surface area contributed by atoms with Crippen molar-refractivity contribution in [2.24, 2.45) is 0 Å². The van der Waals surface area contributed by atoms with Gasteiger partial charge in [-0.2, -0.15) is 0 Å². The number of aryl methyl sites for hydroxylation is 1. The summed E-state index contributed by atoms with van der Waals surface area (Å²) in [4.78, 5) is 2.29. The fourth-order valence-electron chi connectivity index (χ4n) is 3.84. The topological polar surface area (TPSA) is 28.4 Å². The minimum Gasteiger partial charge on any atom is -0.390 e. The van der Waals surface area contributed by atoms with E-state index in [2.05, 4.69) is 47.6 Å². The Morgan fingerprint density at radius 3 is 2.64 bits per heavy atom. The number of hydrogen-bond donors (Lipinski definition) is 1. The van der Waals surface area contributed by atoms with Crippen molar-refractivity contribution in [1.82, 2.24) is 9.47 Å². The molecule has 1 aliphatic rings. The Morgan fingerprint density at radius 2 is 1.86 bits per heavy atom. The SMILES string of the molecule is CCN(CC)CC(O)Cn1c2c(c3ccccc31)CCCC2. The maximum Gasteiger partial charge on any atom is 0.0845 e. The first-order valence-electron chi connectivity index (χ1n) is 8.74. The van der Waals surface area contributed by atoms with Crippen LogP contribution in [0.5, 0.6) is 0 Å². The highest BCUT2D eigenvalue weighted by molar-refractivity contribution is 5.85. The van der Waals surface area contributed by atoms with Crippen molar-refractivity contribution in [1.29, 1.82) is 0 Å². The molecule has 3 heteroatoms. The molecule has 120 valence electrons. The van der Waals surface area contributed by atoms with Crippen LogP contribution in [0.1, 0.15) is 37.9 Å². The van der Waals surface area contributed by atoms with Crippen molar-refractivity contribution >= 4 is 10.9 Å². The number of aliphatic hydroxyl groups excluding tert-OH is 1. The minimum atomic E-state index is -0.304. The lowest BCUT2D eigenvalue weighted by atomic mass is 9.95. The molecular formula is C19H28N2O. The molecule has 1 aliphatic carbocycles. The number of aliphatic hydroxyl groups is 1. The molecule has 0 aliphatic heterocycles. The molecule has 0 bridgehead atoms. The van der Waals surface area contributed by atoms with Crippen LogP contribution in [0.4, 0.5) is 0 Å². The van der Waals surface area contributed by atoms with Gasteiger partial charge < -0.3 is 14.6 Å². The smallest absolute Gasteiger partial charge is 0.0845 e. The summed E-state index contributed by atoms with van der Waals surface area (Å²) in [5.41, 5.74) is 4.29. The summed E-state index contributed by atoms with van der Waals surface area (Å²) < 4.78 is 2.39. The number of fused-ring (bicyclic) bond motifs is 3. The van der Waals surface area contributed by atoms with Gasteiger partial charge in [0.05, 0.1) is 12.6 Å². The van der Waals surface area contributed by atoms with E-state index in [9.17, 15) is 5.11 Å². The highest BCUT2D eigenvalue weighted by Crippen LogP contribution is 2.32. The Kier molecular flexibility index (Phi) is 4.84. The van der Waals surface area contributed by atoms with Gasteiger partial charge in [0.25, 0.3) is 0 Å². The fourth-order valence-corrected chi connectivity index (χ4v) is 3.84. The average Bonchev–Trinajstić information content (AvgIpc) is 2.87. The molecule has 0 amide bonds. The van der Waals surface area contributed by atoms with E-state index in [0.717, 1.165) is 26.1 Å². The standard InChI is InChI=1S/C19H28N2O/c1-3-20(4-2)13-15(22)14-21-18-11-7-5-9-16(18)17-10-6-8-12-19(17)21/h5,7,9,11,15,22H,3-4,6,8,10,12-14H2,1-2H3. The van der Waals surface area contributed by atoms with Gasteiger partial charge in [0.15, 0.2) is 0 Å². The third kappa shape index (κ3) is 2.92. The molecule has 2 aromatic rings. The molecule has 22 heavy (non-hydrogen) atoms. The number of hydrogen-bond acceptors (Lipinski definition) is 2. The number of nitrogens with zero attached hydrogens (tertiary/aromatic N) is 2. The van der Waals surface area contributed by atoms with Crippen molar-refractivity contribution in [2.45, 2.75) is 52.2 Å². The predicted octanol–water partition coefficient (Wildman–Crippen LogP) is 3.22. The quantitative estimate of drug-likeness (QED) is 0.887. The van der Waals surface area contributed by atoms with E-state index in [-0.39, 0.29) is 6.10 Å². The highest BCUT2D eigenvalue weighted by atomic mass is 16.3. The number of aromatic nitrogens is 1. The van der Waals surface area contributed by atoms with Gasteiger partial charge in [-0.25, -0.2) is 0 Å². The van der Waals surface area contributed by atoms with E-state index in [1.54, 1.807) is 0 Å². The molecule has 1 unspecified atom stereocenters. The van der Waals surface area contributed by atoms with Crippen molar-refractivity contribution in [3.8, 4) is 0 Å². The van der Waals surface area contributed by atoms with E-state index in [1.807, 2.05) is 0 Å². The van der Waals surface area contributed by atoms with Crippen LogP contribution < -0.4 is 0 Å². The Labute approximate surface area is 133 Å². The molecule has 1 N–H and O–H groups in total. The van der Waals surface area contributed by atoms with Gasteiger partial charge in [-0.05, 0) is 50.4 Å². The Balaban J connectivity index is 1.90. The van der Waals surface area contributed by atoms with Gasteiger partial charge in [0, 0.05) is 23.1 Å². The summed E-state index contributed by atoms with van der Waals surface area (Å²) in [6, 6.07) is 8.69. The van der Waals surface area contributed by atoms with Crippen LogP contribution in [0, 0.1) is 0 Å². The van der Waals surface area contributed by atoms with Gasteiger partial charge in [0.1, 0.15) is 0 Å². The minimum absolute atomic E-state index is 0.304. The second-order valence-electron chi connectivity index (χ2n) is 6.40. The second kappa shape index (κ2) is 6.84. The molecule has 0 saturated carbocycles. The first-order chi connectivity index (χ1) is 10.7. The van der Waals surface area contributed by atoms with Crippen LogP contribution in [0.2, 0.25) is 0 Å². The average molecular weight is 300 g/mol. The molecule has 0 fully saturated rings. The van der Waals surface area contributed by atoms with Crippen molar-refractivity contribution in [2.75, 3.05) is 19.6 Å². The number of rotatable bonds is 6. The zero-order chi connectivity index (χ0) is 15.5. The van der Waals surface area contributed by atoms with Crippen LogP contribution in [0.3, 0.4) is 0 Å². The van der Waals surface area contributed by atoms with E-state index < -0.39 is 0 Å². The van der Waals surface area contributed by atoms with Gasteiger partial charge in [-0.3, -0.25) is 0 Å². The zero-order valence-electron chi connectivity index (χ0n) is 13.9. The summed E-state index contributed by atoms with van der Waals surface area (Å²) >= 11 is 0. The third-order valence-corrected chi connectivity index (χ3v) is 5.04. The van der Waals surface area contributed by atoms with Crippen LogP contribution in [-0.2, 0) is 19.4 Å². The lowest BCUT2D eigenvalue weighted by molar-refractivity contribution is 0.103. The largest absolute Gasteiger partial charge is 0.390 e. The van der Waals surface area contributed by atoms with Crippen molar-refractivity contribution in [3.63, 3.8) is 0 Å². The Hall–Kier alpha value is -1.32. The van der Waals surface area contributed by atoms with E-state index in [0.29, 0.717) is 6.54 Å². The summed E-state index contributed by atoms with van der Waals surface area (Å²) in [5.74, 6) is 0. The third-order valence-electron chi connectivity index (χ3n) is 5.04. The van der Waals surface area contributed by atoms with Gasteiger partial charge in [0.2, 0.25) is 0 Å². The summed E-state index contributed by atoms with van der Waals surface area (Å²) in [6.45, 7) is 7.78. The monoisotopic (exact) mass is 300 g/mol. The van der Waals surface area contributed by atoms with Crippen molar-refractivity contribution < 1.29 is 5.11 Å². The van der Waals surface area contributed by atoms with Gasteiger partial charge >= 0.3 is 0 Å². The number of para-hydroxylation sites is 1. The maximum absolute atomic E-state index is 10.6. The lowest BCUT2D eigenvalue weighted by Crippen LogP contribution is -2.34. The molecular weight excluding hydrogens is 272 g/mol. The molecule has 3 nitrogen and oxygen atoms in total. The maximum atomic E-state index is 10.6. The number of likely N-dealkylation sites (N-methyl/N-ethyl adjacent to an activating group) is 1. The zero-order valence-corrected chi connectivity index (χ0v) is 13.9. The molecule has 1 aromatic carbocycles. The summed E-state index contributed by atoms with van der Waals surface area (Å²) in [7, 11) is 0. The molecule has 3 rings (SSSR count). The Morgan fingerprint density at radius 1 is 1.14 bits per heavy atom. The molecule has 0 saturated heterocycles. The van der Waals surface area contributed by atoms with E-state index in [4.69, 9.17) is 0 Å². The lowest BCUT2D eigenvalue weighted by Gasteiger charge is -2.24.